The van der Waals surface area contributed by atoms with E-state index in [1.54, 1.807) is 5.51 Å². The van der Waals surface area contributed by atoms with Crippen LogP contribution in [0, 0.1) is 5.41 Å². The highest BCUT2D eigenvalue weighted by atomic mass is 35.5. The van der Waals surface area contributed by atoms with Gasteiger partial charge in [-0.15, -0.1) is 10.2 Å². The molecule has 2 aromatic heterocycles. The second-order valence-electron chi connectivity index (χ2n) is 10.3. The monoisotopic (exact) mass is 583 g/mol. The van der Waals surface area contributed by atoms with Crippen LogP contribution in [0.1, 0.15) is 52.9 Å². The number of nitrogens with zero attached hydrogens (tertiary/aromatic N) is 5. The van der Waals surface area contributed by atoms with Gasteiger partial charge in [-0.2, -0.15) is 4.98 Å². The van der Waals surface area contributed by atoms with Gasteiger partial charge in [0, 0.05) is 12.5 Å². The van der Waals surface area contributed by atoms with Crippen molar-refractivity contribution < 1.29 is 23.9 Å². The largest absolute Gasteiger partial charge is 0.472 e. The number of hydrogen-bond acceptors (Lipinski definition) is 11. The van der Waals surface area contributed by atoms with E-state index in [0.29, 0.717) is 9.50 Å². The van der Waals surface area contributed by atoms with Crippen molar-refractivity contribution in [3.8, 4) is 5.88 Å². The molecular weight excluding hydrogens is 554 g/mol. The lowest BCUT2D eigenvalue weighted by Crippen LogP contribution is -2.57. The zero-order valence-corrected chi connectivity index (χ0v) is 23.6. The fraction of sp³-hybridized carbons (Fsp3) is 0.609. The van der Waals surface area contributed by atoms with E-state index in [4.69, 9.17) is 26.8 Å². The molecule has 3 atom stereocenters. The lowest BCUT2D eigenvalue weighted by molar-refractivity contribution is -0.141. The van der Waals surface area contributed by atoms with Gasteiger partial charge in [-0.1, -0.05) is 43.7 Å². The molecule has 1 aliphatic carbocycles. The standard InChI is InChI=1S/C23H30ClN7O5S2/c1-23(2,3)17(29-21(34)36-12-6-4-5-7-12)19(33)31-10-13(8-14(31)18(25)32)35-16-9-15(24)27-20(28-16)38-22-30-26-11-37-22/h9,11-14,17H,4-8,10H2,1-3H3,(H2,25,32)(H,29,34)/t13-,14+,17-/m1/s1. The maximum absolute atomic E-state index is 13.7. The maximum atomic E-state index is 13.7. The van der Waals surface area contributed by atoms with Crippen molar-refractivity contribution >= 4 is 52.6 Å². The molecule has 2 fully saturated rings. The first-order valence-electron chi connectivity index (χ1n) is 12.2. The van der Waals surface area contributed by atoms with E-state index < -0.39 is 41.5 Å². The summed E-state index contributed by atoms with van der Waals surface area (Å²) in [5.74, 6) is -0.923. The summed E-state index contributed by atoms with van der Waals surface area (Å²) in [6, 6.07) is -0.411. The van der Waals surface area contributed by atoms with Gasteiger partial charge < -0.3 is 25.4 Å². The van der Waals surface area contributed by atoms with Gasteiger partial charge in [-0.05, 0) is 42.9 Å². The number of halogens is 1. The van der Waals surface area contributed by atoms with Gasteiger partial charge in [-0.25, -0.2) is 9.78 Å². The lowest BCUT2D eigenvalue weighted by atomic mass is 9.85. The van der Waals surface area contributed by atoms with Crippen LogP contribution in [0.2, 0.25) is 5.15 Å². The van der Waals surface area contributed by atoms with E-state index in [2.05, 4.69) is 25.5 Å². The number of hydrogen-bond donors (Lipinski definition) is 2. The molecule has 4 rings (SSSR count). The highest BCUT2D eigenvalue weighted by Gasteiger charge is 2.45. The maximum Gasteiger partial charge on any atom is 0.408 e. The minimum absolute atomic E-state index is 0.0683. The Morgan fingerprint density at radius 2 is 1.97 bits per heavy atom. The molecule has 0 radical (unpaired) electrons. The first-order valence-corrected chi connectivity index (χ1v) is 14.3. The molecule has 12 nitrogen and oxygen atoms in total. The number of nitrogens with two attached hydrogens (primary N) is 1. The Morgan fingerprint density at radius 1 is 1.24 bits per heavy atom. The van der Waals surface area contributed by atoms with Crippen molar-refractivity contribution in [2.45, 2.75) is 86.7 Å². The number of likely N-dealkylation sites (tertiary alicyclic amines) is 1. The lowest BCUT2D eigenvalue weighted by Gasteiger charge is -2.34. The number of rotatable bonds is 8. The van der Waals surface area contributed by atoms with Gasteiger partial charge in [0.05, 0.1) is 6.54 Å². The van der Waals surface area contributed by atoms with E-state index in [-0.39, 0.29) is 30.1 Å². The van der Waals surface area contributed by atoms with Crippen LogP contribution in [0.3, 0.4) is 0 Å². The molecule has 3 heterocycles. The van der Waals surface area contributed by atoms with Crippen molar-refractivity contribution in [2.75, 3.05) is 6.54 Å². The van der Waals surface area contributed by atoms with Gasteiger partial charge in [0.25, 0.3) is 0 Å². The van der Waals surface area contributed by atoms with Gasteiger partial charge >= 0.3 is 6.09 Å². The Bertz CT molecular complexity index is 1160. The SMILES string of the molecule is CC(C)(C)[C@H](NC(=O)OC1CCCC1)C(=O)N1C[C@H](Oc2cc(Cl)nc(Sc3nncs3)n2)C[C@H]1C(N)=O. The van der Waals surface area contributed by atoms with Crippen molar-refractivity contribution in [1.29, 1.82) is 0 Å². The average Bonchev–Trinajstić information content (AvgIpc) is 3.58. The van der Waals surface area contributed by atoms with Crippen LogP contribution in [-0.2, 0) is 14.3 Å². The molecule has 3 N–H and O–H groups in total. The Morgan fingerprint density at radius 3 is 2.61 bits per heavy atom. The number of amides is 3. The minimum atomic E-state index is -0.944. The van der Waals surface area contributed by atoms with Gasteiger partial charge in [0.2, 0.25) is 17.7 Å². The predicted octanol–water partition coefficient (Wildman–Crippen LogP) is 3.05. The number of aromatic nitrogens is 4. The quantitative estimate of drug-likeness (QED) is 0.349. The summed E-state index contributed by atoms with van der Waals surface area (Å²) < 4.78 is 12.2. The van der Waals surface area contributed by atoms with Crippen LogP contribution in [0.15, 0.2) is 21.1 Å². The normalized spacial score (nSPS) is 20.8. The number of nitrogens with one attached hydrogen (secondary N) is 1. The zero-order valence-electron chi connectivity index (χ0n) is 21.3. The van der Waals surface area contributed by atoms with E-state index in [9.17, 15) is 14.4 Å². The van der Waals surface area contributed by atoms with E-state index in [0.717, 1.165) is 25.7 Å². The van der Waals surface area contributed by atoms with Crippen LogP contribution in [-0.4, -0.2) is 73.8 Å². The Balaban J connectivity index is 1.47. The predicted molar refractivity (Wildman–Crippen MR) is 140 cm³/mol. The molecule has 1 aliphatic heterocycles. The summed E-state index contributed by atoms with van der Waals surface area (Å²) in [5.41, 5.74) is 6.59. The Labute approximate surface area is 233 Å². The van der Waals surface area contributed by atoms with Crippen LogP contribution in [0.5, 0.6) is 5.88 Å². The number of primary amides is 1. The Kier molecular flexibility index (Phi) is 8.93. The third-order valence-electron chi connectivity index (χ3n) is 6.28. The van der Waals surface area contributed by atoms with Crippen molar-refractivity contribution in [1.82, 2.24) is 30.4 Å². The topological polar surface area (TPSA) is 163 Å². The molecule has 0 aromatic carbocycles. The van der Waals surface area contributed by atoms with Crippen LogP contribution < -0.4 is 15.8 Å². The average molecular weight is 584 g/mol. The van der Waals surface area contributed by atoms with Crippen LogP contribution >= 0.6 is 34.7 Å². The van der Waals surface area contributed by atoms with Crippen LogP contribution in [0.25, 0.3) is 0 Å². The highest BCUT2D eigenvalue weighted by Crippen LogP contribution is 2.31. The third kappa shape index (κ3) is 7.23. The molecule has 1 saturated carbocycles. The second kappa shape index (κ2) is 12.0. The highest BCUT2D eigenvalue weighted by molar-refractivity contribution is 8.00. The smallest absolute Gasteiger partial charge is 0.408 e. The molecule has 1 saturated heterocycles. The van der Waals surface area contributed by atoms with Crippen molar-refractivity contribution in [2.24, 2.45) is 11.1 Å². The Hall–Kier alpha value is -2.71. The van der Waals surface area contributed by atoms with Gasteiger partial charge in [0.15, 0.2) is 9.50 Å². The van der Waals surface area contributed by atoms with Gasteiger partial charge in [0.1, 0.15) is 35.0 Å². The molecule has 38 heavy (non-hydrogen) atoms. The summed E-state index contributed by atoms with van der Waals surface area (Å²) in [7, 11) is 0. The molecule has 0 bridgehead atoms. The van der Waals surface area contributed by atoms with E-state index in [1.165, 1.54) is 34.1 Å². The molecule has 3 amide bonds. The number of carbonyl (C=O) groups is 3. The molecular formula is C23H30ClN7O5S2. The number of carbonyl (C=O) groups excluding carboxylic acids is 3. The number of alkyl carbamates (subject to hydrolysis) is 1. The summed E-state index contributed by atoms with van der Waals surface area (Å²) >= 11 is 8.68. The third-order valence-corrected chi connectivity index (χ3v) is 8.12. The summed E-state index contributed by atoms with van der Waals surface area (Å²) in [4.78, 5) is 48.5. The fourth-order valence-electron chi connectivity index (χ4n) is 4.46. The molecule has 0 unspecified atom stereocenters. The van der Waals surface area contributed by atoms with E-state index in [1.807, 2.05) is 20.8 Å². The molecule has 0 spiro atoms. The van der Waals surface area contributed by atoms with E-state index >= 15 is 0 Å². The molecule has 206 valence electrons. The van der Waals surface area contributed by atoms with Gasteiger partial charge in [-0.3, -0.25) is 9.59 Å². The molecule has 2 aliphatic rings. The molecule has 2 aromatic rings. The summed E-state index contributed by atoms with van der Waals surface area (Å²) in [6.45, 7) is 5.55. The number of ether oxygens (including phenoxy) is 2. The minimum Gasteiger partial charge on any atom is -0.472 e. The molecule has 15 heteroatoms. The first-order chi connectivity index (χ1) is 18.0. The second-order valence-corrected chi connectivity index (χ2v) is 12.7. The van der Waals surface area contributed by atoms with Crippen molar-refractivity contribution in [3.05, 3.63) is 16.7 Å². The first kappa shape index (κ1) is 28.3. The fourth-order valence-corrected chi connectivity index (χ4v) is 6.03. The summed E-state index contributed by atoms with van der Waals surface area (Å²) in [6.07, 6.45) is 2.41. The van der Waals surface area contributed by atoms with Crippen molar-refractivity contribution in [3.63, 3.8) is 0 Å². The summed E-state index contributed by atoms with van der Waals surface area (Å²) in [5, 5.41) is 10.9. The zero-order chi connectivity index (χ0) is 27.4. The van der Waals surface area contributed by atoms with Crippen LogP contribution in [0.4, 0.5) is 4.79 Å².